The van der Waals surface area contributed by atoms with Crippen LogP contribution in [0.1, 0.15) is 28.4 Å². The Morgan fingerprint density at radius 1 is 1.04 bits per heavy atom. The van der Waals surface area contributed by atoms with Gasteiger partial charge in [-0.05, 0) is 42.3 Å². The summed E-state index contributed by atoms with van der Waals surface area (Å²) in [4.78, 5) is 18.2. The Morgan fingerprint density at radius 2 is 1.63 bits per heavy atom. The van der Waals surface area contributed by atoms with Crippen LogP contribution in [0.2, 0.25) is 5.02 Å². The molecule has 5 nitrogen and oxygen atoms in total. The predicted octanol–water partition coefficient (Wildman–Crippen LogP) is 3.92. The van der Waals surface area contributed by atoms with Crippen LogP contribution >= 0.6 is 35.6 Å². The number of hydrogen-bond acceptors (Lipinski definition) is 2. The highest BCUT2D eigenvalue weighted by Gasteiger charge is 2.08. The van der Waals surface area contributed by atoms with Crippen LogP contribution in [0.25, 0.3) is 0 Å². The van der Waals surface area contributed by atoms with E-state index < -0.39 is 0 Å². The first kappa shape index (κ1) is 23.2. The summed E-state index contributed by atoms with van der Waals surface area (Å²) in [6.07, 6.45) is 0. The average Bonchev–Trinajstić information content (AvgIpc) is 2.65. The molecule has 2 N–H and O–H groups in total. The third-order valence-electron chi connectivity index (χ3n) is 3.91. The minimum absolute atomic E-state index is 0. The summed E-state index contributed by atoms with van der Waals surface area (Å²) in [5.74, 6) is 0.748. The number of amides is 1. The highest BCUT2D eigenvalue weighted by Crippen LogP contribution is 2.11. The first-order valence-corrected chi connectivity index (χ1v) is 8.94. The number of hydrogen-bond donors (Lipinski definition) is 2. The smallest absolute Gasteiger partial charge is 0.251 e. The molecular formula is C20H26ClIN4O. The summed E-state index contributed by atoms with van der Waals surface area (Å²) in [7, 11) is 3.75. The molecule has 0 radical (unpaired) electrons. The summed E-state index contributed by atoms with van der Waals surface area (Å²) in [5.41, 5.74) is 2.91. The minimum Gasteiger partial charge on any atom is -0.352 e. The second-order valence-electron chi connectivity index (χ2n) is 5.94. The van der Waals surface area contributed by atoms with Crippen LogP contribution in [0.3, 0.4) is 0 Å². The molecule has 0 fully saturated rings. The fourth-order valence-electron chi connectivity index (χ4n) is 2.54. The molecule has 2 aromatic carbocycles. The molecule has 0 aromatic heterocycles. The zero-order valence-electron chi connectivity index (χ0n) is 15.8. The van der Waals surface area contributed by atoms with Gasteiger partial charge in [0.1, 0.15) is 0 Å². The van der Waals surface area contributed by atoms with Gasteiger partial charge in [-0.1, -0.05) is 35.9 Å². The van der Waals surface area contributed by atoms with E-state index in [2.05, 4.69) is 15.6 Å². The van der Waals surface area contributed by atoms with E-state index in [-0.39, 0.29) is 29.9 Å². The lowest BCUT2D eigenvalue weighted by molar-refractivity contribution is 0.0956. The highest BCUT2D eigenvalue weighted by atomic mass is 127. The van der Waals surface area contributed by atoms with E-state index in [1.54, 1.807) is 7.05 Å². The molecule has 0 heterocycles. The molecule has 0 aliphatic heterocycles. The van der Waals surface area contributed by atoms with Gasteiger partial charge < -0.3 is 15.5 Å². The molecule has 0 saturated heterocycles. The Labute approximate surface area is 183 Å². The second kappa shape index (κ2) is 11.8. The van der Waals surface area contributed by atoms with Crippen LogP contribution in [0, 0.1) is 0 Å². The zero-order valence-corrected chi connectivity index (χ0v) is 18.9. The van der Waals surface area contributed by atoms with Gasteiger partial charge in [-0.15, -0.1) is 24.0 Å². The van der Waals surface area contributed by atoms with Crippen molar-refractivity contribution in [3.8, 4) is 0 Å². The number of carbonyl (C=O) groups excluding carboxylic acids is 1. The molecule has 146 valence electrons. The fourth-order valence-corrected chi connectivity index (χ4v) is 2.67. The van der Waals surface area contributed by atoms with E-state index in [1.807, 2.05) is 67.4 Å². The lowest BCUT2D eigenvalue weighted by atomic mass is 10.1. The first-order valence-electron chi connectivity index (χ1n) is 8.57. The van der Waals surface area contributed by atoms with Gasteiger partial charge >= 0.3 is 0 Å². The molecule has 1 amide bonds. The van der Waals surface area contributed by atoms with E-state index in [9.17, 15) is 4.79 Å². The monoisotopic (exact) mass is 500 g/mol. The number of aliphatic imine (C=N–C) groups is 1. The predicted molar refractivity (Wildman–Crippen MR) is 123 cm³/mol. The van der Waals surface area contributed by atoms with E-state index in [4.69, 9.17) is 11.6 Å². The Balaban J connectivity index is 0.00000364. The molecule has 0 spiro atoms. The van der Waals surface area contributed by atoms with E-state index >= 15 is 0 Å². The van der Waals surface area contributed by atoms with Crippen LogP contribution in [0.4, 0.5) is 0 Å². The van der Waals surface area contributed by atoms with Crippen LogP contribution in [0.15, 0.2) is 53.5 Å². The molecule has 0 unspecified atom stereocenters. The van der Waals surface area contributed by atoms with Gasteiger partial charge in [-0.3, -0.25) is 9.79 Å². The molecule has 0 atom stereocenters. The first-order chi connectivity index (χ1) is 12.5. The van der Waals surface area contributed by atoms with Crippen molar-refractivity contribution >= 4 is 47.4 Å². The molecule has 0 bridgehead atoms. The number of halogens is 2. The molecule has 27 heavy (non-hydrogen) atoms. The zero-order chi connectivity index (χ0) is 18.9. The summed E-state index contributed by atoms with van der Waals surface area (Å²) < 4.78 is 0. The normalized spacial score (nSPS) is 10.7. The van der Waals surface area contributed by atoms with Gasteiger partial charge in [-0.2, -0.15) is 0 Å². The Kier molecular flexibility index (Phi) is 10.2. The molecule has 2 aromatic rings. The Morgan fingerprint density at radius 3 is 2.19 bits per heavy atom. The Hall–Kier alpha value is -1.80. The SMILES string of the molecule is CCNC(=O)c1ccc(CNC(=NC)N(C)Cc2ccc(Cl)cc2)cc1.I. The number of carbonyl (C=O) groups is 1. The maximum Gasteiger partial charge on any atom is 0.251 e. The maximum atomic E-state index is 11.8. The largest absolute Gasteiger partial charge is 0.352 e. The van der Waals surface area contributed by atoms with Crippen molar-refractivity contribution in [2.75, 3.05) is 20.6 Å². The lowest BCUT2D eigenvalue weighted by Gasteiger charge is -2.22. The van der Waals surface area contributed by atoms with E-state index in [0.717, 1.165) is 28.7 Å². The van der Waals surface area contributed by atoms with Crippen LogP contribution in [-0.2, 0) is 13.1 Å². The van der Waals surface area contributed by atoms with Crippen molar-refractivity contribution in [2.24, 2.45) is 4.99 Å². The minimum atomic E-state index is -0.0504. The fraction of sp³-hybridized carbons (Fsp3) is 0.300. The molecule has 7 heteroatoms. The average molecular weight is 501 g/mol. The molecule has 2 rings (SSSR count). The van der Waals surface area contributed by atoms with Gasteiger partial charge in [0, 0.05) is 44.3 Å². The van der Waals surface area contributed by atoms with Crippen molar-refractivity contribution in [1.29, 1.82) is 0 Å². The number of nitrogens with one attached hydrogen (secondary N) is 2. The van der Waals surface area contributed by atoms with Gasteiger partial charge in [-0.25, -0.2) is 0 Å². The van der Waals surface area contributed by atoms with E-state index in [1.165, 1.54) is 0 Å². The topological polar surface area (TPSA) is 56.7 Å². The number of rotatable bonds is 6. The summed E-state index contributed by atoms with van der Waals surface area (Å²) >= 11 is 5.93. The van der Waals surface area contributed by atoms with Gasteiger partial charge in [0.25, 0.3) is 5.91 Å². The van der Waals surface area contributed by atoms with Crippen molar-refractivity contribution in [2.45, 2.75) is 20.0 Å². The molecular weight excluding hydrogens is 475 g/mol. The Bertz CT molecular complexity index is 748. The highest BCUT2D eigenvalue weighted by molar-refractivity contribution is 14.0. The van der Waals surface area contributed by atoms with Crippen molar-refractivity contribution in [3.63, 3.8) is 0 Å². The molecule has 0 aliphatic rings. The van der Waals surface area contributed by atoms with Crippen LogP contribution in [-0.4, -0.2) is 37.4 Å². The number of guanidine groups is 1. The van der Waals surface area contributed by atoms with Crippen molar-refractivity contribution in [3.05, 3.63) is 70.2 Å². The number of nitrogens with zero attached hydrogens (tertiary/aromatic N) is 2. The quantitative estimate of drug-likeness (QED) is 0.359. The van der Waals surface area contributed by atoms with Gasteiger partial charge in [0.15, 0.2) is 5.96 Å². The standard InChI is InChI=1S/C20H25ClN4O.HI/c1-4-23-19(26)17-9-5-15(6-10-17)13-24-20(22-2)25(3)14-16-7-11-18(21)12-8-16;/h5-12H,4,13-14H2,1-3H3,(H,22,24)(H,23,26);1H. The molecule has 0 aliphatic carbocycles. The molecule has 0 saturated carbocycles. The number of benzene rings is 2. The van der Waals surface area contributed by atoms with Crippen LogP contribution in [0.5, 0.6) is 0 Å². The van der Waals surface area contributed by atoms with Crippen LogP contribution < -0.4 is 10.6 Å². The summed E-state index contributed by atoms with van der Waals surface area (Å²) in [6.45, 7) is 3.89. The van der Waals surface area contributed by atoms with Gasteiger partial charge in [0.2, 0.25) is 0 Å². The summed E-state index contributed by atoms with van der Waals surface area (Å²) in [5, 5.41) is 6.87. The van der Waals surface area contributed by atoms with E-state index in [0.29, 0.717) is 18.7 Å². The third kappa shape index (κ3) is 7.38. The second-order valence-corrected chi connectivity index (χ2v) is 6.38. The third-order valence-corrected chi connectivity index (χ3v) is 4.16. The summed E-state index contributed by atoms with van der Waals surface area (Å²) in [6, 6.07) is 15.4. The van der Waals surface area contributed by atoms with Crippen molar-refractivity contribution in [1.82, 2.24) is 15.5 Å². The van der Waals surface area contributed by atoms with Crippen molar-refractivity contribution < 1.29 is 4.79 Å². The maximum absolute atomic E-state index is 11.8. The lowest BCUT2D eigenvalue weighted by Crippen LogP contribution is -2.38. The van der Waals surface area contributed by atoms with Gasteiger partial charge in [0.05, 0.1) is 0 Å².